The Hall–Kier alpha value is -5.48. The fourth-order valence-corrected chi connectivity index (χ4v) is 6.73. The van der Waals surface area contributed by atoms with Gasteiger partial charge in [0.15, 0.2) is 0 Å². The van der Waals surface area contributed by atoms with Crippen LogP contribution in [-0.2, 0) is 0 Å². The highest BCUT2D eigenvalue weighted by molar-refractivity contribution is 6.29. The molecule has 1 aliphatic rings. The Morgan fingerprint density at radius 2 is 1.70 bits per heavy atom. The van der Waals surface area contributed by atoms with Gasteiger partial charge < -0.3 is 31.2 Å². The van der Waals surface area contributed by atoms with Crippen molar-refractivity contribution in [2.75, 3.05) is 39.7 Å². The maximum atomic E-state index is 13.4. The zero-order valence-corrected chi connectivity index (χ0v) is 31.6. The Morgan fingerprint density at radius 3 is 2.30 bits per heavy atom. The number of hydrogen-bond acceptors (Lipinski definition) is 7. The molecule has 4 rings (SSSR count). The van der Waals surface area contributed by atoms with Crippen LogP contribution in [0.5, 0.6) is 11.5 Å². The molecule has 6 N–H and O–H groups in total. The quantitative estimate of drug-likeness (QED) is 0.0296. The van der Waals surface area contributed by atoms with Crippen molar-refractivity contribution in [3.05, 3.63) is 125 Å². The lowest BCUT2D eigenvalue weighted by Crippen LogP contribution is -2.33. The lowest BCUT2D eigenvalue weighted by molar-refractivity contribution is 0.250. The van der Waals surface area contributed by atoms with E-state index in [1.165, 1.54) is 5.57 Å². The number of anilines is 1. The van der Waals surface area contributed by atoms with Crippen molar-refractivity contribution < 1.29 is 14.3 Å². The summed E-state index contributed by atoms with van der Waals surface area (Å²) >= 11 is 0. The number of amides is 2. The minimum atomic E-state index is -0.481. The average molecular weight is 718 g/mol. The van der Waals surface area contributed by atoms with Crippen LogP contribution >= 0.6 is 0 Å². The zero-order valence-electron chi connectivity index (χ0n) is 31.6. The molecule has 0 bridgehead atoms. The molecule has 0 saturated heterocycles. The minimum absolute atomic E-state index is 0.146. The van der Waals surface area contributed by atoms with E-state index < -0.39 is 12.1 Å². The largest absolute Gasteiger partial charge is 0.497 e. The molecule has 0 spiro atoms. The SMILES string of the molecule is C=N/C(C=CC1CCC(C(=C)CCNCCC)CC1)=C(\C(=N)N)C(=NC)c1ccc(C(NC(=O)Nc2cc(OC)ccc2OC)c2ccccc2)cc1. The average Bonchev–Trinajstić information content (AvgIpc) is 3.19. The Morgan fingerprint density at radius 1 is 1.00 bits per heavy atom. The van der Waals surface area contributed by atoms with Crippen LogP contribution in [0.1, 0.15) is 68.2 Å². The number of carbonyl (C=O) groups excluding carboxylic acids is 1. The van der Waals surface area contributed by atoms with Crippen LogP contribution in [0, 0.1) is 17.2 Å². The molecule has 0 heterocycles. The van der Waals surface area contributed by atoms with Crippen LogP contribution in [-0.4, -0.2) is 58.7 Å². The number of rotatable bonds is 18. The summed E-state index contributed by atoms with van der Waals surface area (Å²) in [6, 6.07) is 21.7. The topological polar surface area (TPSA) is 146 Å². The van der Waals surface area contributed by atoms with E-state index in [1.807, 2.05) is 60.7 Å². The van der Waals surface area contributed by atoms with Gasteiger partial charge in [0.25, 0.3) is 0 Å². The number of nitrogens with two attached hydrogens (primary N) is 1. The molecular formula is C43H55N7O3. The number of nitrogens with one attached hydrogen (secondary N) is 4. The van der Waals surface area contributed by atoms with Crippen LogP contribution < -0.4 is 31.2 Å². The summed E-state index contributed by atoms with van der Waals surface area (Å²) < 4.78 is 10.8. The van der Waals surface area contributed by atoms with E-state index in [2.05, 4.69) is 52.2 Å². The first-order chi connectivity index (χ1) is 25.7. The van der Waals surface area contributed by atoms with Gasteiger partial charge in [-0.1, -0.05) is 79.7 Å². The molecule has 53 heavy (non-hydrogen) atoms. The first kappa shape index (κ1) is 40.3. The maximum absolute atomic E-state index is 13.4. The van der Waals surface area contributed by atoms with E-state index in [1.54, 1.807) is 39.5 Å². The van der Waals surface area contributed by atoms with Crippen molar-refractivity contribution in [3.8, 4) is 11.5 Å². The second-order valence-corrected chi connectivity index (χ2v) is 13.2. The van der Waals surface area contributed by atoms with Gasteiger partial charge in [0, 0.05) is 18.7 Å². The van der Waals surface area contributed by atoms with Crippen LogP contribution in [0.2, 0.25) is 0 Å². The molecule has 2 amide bonds. The van der Waals surface area contributed by atoms with Crippen molar-refractivity contribution in [2.45, 2.75) is 51.5 Å². The van der Waals surface area contributed by atoms with Gasteiger partial charge in [-0.2, -0.15) is 0 Å². The highest BCUT2D eigenvalue weighted by Crippen LogP contribution is 2.35. The summed E-state index contributed by atoms with van der Waals surface area (Å²) in [6.45, 7) is 12.4. The number of nitrogens with zero attached hydrogens (tertiary/aromatic N) is 2. The number of aliphatic imine (C=N–C) groups is 2. The molecule has 280 valence electrons. The van der Waals surface area contributed by atoms with Gasteiger partial charge in [0.1, 0.15) is 17.3 Å². The van der Waals surface area contributed by atoms with Crippen molar-refractivity contribution >= 4 is 30.0 Å². The predicted octanol–water partition coefficient (Wildman–Crippen LogP) is 8.23. The number of hydrogen-bond donors (Lipinski definition) is 5. The van der Waals surface area contributed by atoms with Crippen LogP contribution in [0.25, 0.3) is 0 Å². The number of carbonyl (C=O) groups is 1. The van der Waals surface area contributed by atoms with Crippen LogP contribution in [0.3, 0.4) is 0 Å². The number of allylic oxidation sites excluding steroid dienone is 2. The van der Waals surface area contributed by atoms with Crippen molar-refractivity contribution in [1.29, 1.82) is 5.41 Å². The molecule has 3 aromatic carbocycles. The minimum Gasteiger partial charge on any atom is -0.497 e. The number of amidine groups is 1. The van der Waals surface area contributed by atoms with Gasteiger partial charge in [-0.05, 0) is 99.5 Å². The summed E-state index contributed by atoms with van der Waals surface area (Å²) in [4.78, 5) is 22.3. The van der Waals surface area contributed by atoms with Crippen LogP contribution in [0.15, 0.2) is 118 Å². The first-order valence-corrected chi connectivity index (χ1v) is 18.3. The third-order valence-electron chi connectivity index (χ3n) is 9.66. The van der Waals surface area contributed by atoms with Crippen molar-refractivity contribution in [2.24, 2.45) is 27.6 Å². The van der Waals surface area contributed by atoms with E-state index in [0.717, 1.165) is 68.3 Å². The highest BCUT2D eigenvalue weighted by atomic mass is 16.5. The Kier molecular flexibility index (Phi) is 15.6. The van der Waals surface area contributed by atoms with E-state index in [-0.39, 0.29) is 5.84 Å². The van der Waals surface area contributed by atoms with Gasteiger partial charge in [-0.25, -0.2) is 4.79 Å². The Labute approximate surface area is 314 Å². The lowest BCUT2D eigenvalue weighted by atomic mass is 9.78. The molecule has 0 aromatic heterocycles. The first-order valence-electron chi connectivity index (χ1n) is 18.3. The van der Waals surface area contributed by atoms with Gasteiger partial charge in [-0.15, -0.1) is 0 Å². The standard InChI is InChI=1S/C43H55N7O3/c1-7-26-48-27-25-29(2)31-16-13-30(14-17-31)15-23-36(46-3)39(42(44)45)41(47-4)34-20-18-33(19-21-34)40(32-11-9-8-10-12-32)50-43(51)49-37-28-35(52-5)22-24-38(37)53-6/h8-12,15,18-24,28,30-31,40,48H,2-3,7,13-14,16-17,25-27H2,1,4-6H3,(H3,44,45)(H2,49,50,51)/b23-15?,39-36-,47-41?. The molecule has 1 atom stereocenters. The van der Waals surface area contributed by atoms with E-state index in [9.17, 15) is 4.79 Å². The lowest BCUT2D eigenvalue weighted by Gasteiger charge is -2.28. The molecule has 0 radical (unpaired) electrons. The van der Waals surface area contributed by atoms with Gasteiger partial charge in [0.05, 0.1) is 42.9 Å². The molecule has 1 unspecified atom stereocenters. The Balaban J connectivity index is 1.52. The van der Waals surface area contributed by atoms with Gasteiger partial charge in [-0.3, -0.25) is 15.4 Å². The second kappa shape index (κ2) is 20.5. The Bertz CT molecular complexity index is 1790. The molecule has 3 aromatic rings. The fraction of sp³-hybridized carbons (Fsp3) is 0.349. The molecule has 1 aliphatic carbocycles. The summed E-state index contributed by atoms with van der Waals surface area (Å²) in [7, 11) is 4.78. The molecule has 1 fully saturated rings. The zero-order chi connectivity index (χ0) is 38.2. The third-order valence-corrected chi connectivity index (χ3v) is 9.66. The number of ether oxygens (including phenoxy) is 2. The maximum Gasteiger partial charge on any atom is 0.320 e. The molecule has 10 nitrogen and oxygen atoms in total. The summed E-state index contributed by atoms with van der Waals surface area (Å²) in [6.07, 6.45) is 10.6. The summed E-state index contributed by atoms with van der Waals surface area (Å²) in [5.74, 6) is 1.91. The molecule has 10 heteroatoms. The van der Waals surface area contributed by atoms with Gasteiger partial charge in [0.2, 0.25) is 0 Å². The number of methoxy groups -OCH3 is 2. The van der Waals surface area contributed by atoms with E-state index in [0.29, 0.717) is 46.0 Å². The van der Waals surface area contributed by atoms with E-state index >= 15 is 0 Å². The normalized spacial score (nSPS) is 17.0. The summed E-state index contributed by atoms with van der Waals surface area (Å²) in [5.41, 5.74) is 12.0. The fourth-order valence-electron chi connectivity index (χ4n) is 6.73. The highest BCUT2D eigenvalue weighted by Gasteiger charge is 2.23. The number of benzene rings is 3. The molecule has 1 saturated carbocycles. The number of urea groups is 1. The predicted molar refractivity (Wildman–Crippen MR) is 219 cm³/mol. The monoisotopic (exact) mass is 717 g/mol. The third kappa shape index (κ3) is 11.3. The van der Waals surface area contributed by atoms with Gasteiger partial charge >= 0.3 is 6.03 Å². The summed E-state index contributed by atoms with van der Waals surface area (Å²) in [5, 5.41) is 18.0. The van der Waals surface area contributed by atoms with Crippen LogP contribution in [0.4, 0.5) is 10.5 Å². The second-order valence-electron chi connectivity index (χ2n) is 13.2. The molecular weight excluding hydrogens is 663 g/mol. The smallest absolute Gasteiger partial charge is 0.320 e. The molecule has 0 aliphatic heterocycles. The van der Waals surface area contributed by atoms with Crippen molar-refractivity contribution in [3.63, 3.8) is 0 Å². The van der Waals surface area contributed by atoms with E-state index in [4.69, 9.17) is 20.6 Å². The van der Waals surface area contributed by atoms with Crippen molar-refractivity contribution in [1.82, 2.24) is 10.6 Å².